The lowest BCUT2D eigenvalue weighted by molar-refractivity contribution is -0.121. The lowest BCUT2D eigenvalue weighted by atomic mass is 10.1. The Kier molecular flexibility index (Phi) is 6.24. The van der Waals surface area contributed by atoms with E-state index in [9.17, 15) is 18.0 Å². The molecule has 0 aliphatic carbocycles. The van der Waals surface area contributed by atoms with Crippen LogP contribution >= 0.6 is 0 Å². The zero-order valence-corrected chi connectivity index (χ0v) is 19.2. The van der Waals surface area contributed by atoms with Crippen LogP contribution in [0.3, 0.4) is 0 Å². The number of carbonyl (C=O) groups excluding carboxylic acids is 2. The number of carbonyl (C=O) groups is 2. The van der Waals surface area contributed by atoms with Crippen LogP contribution in [0.1, 0.15) is 28.6 Å². The number of sulfonamides is 1. The number of rotatable bonds is 7. The molecule has 0 radical (unpaired) electrons. The topological polar surface area (TPSA) is 99.9 Å². The second-order valence-corrected chi connectivity index (χ2v) is 9.84. The maximum absolute atomic E-state index is 13.5. The smallest absolute Gasteiger partial charge is 0.264 e. The number of nitrogens with one attached hydrogen (secondary N) is 1. The van der Waals surface area contributed by atoms with E-state index in [2.05, 4.69) is 5.32 Å². The van der Waals surface area contributed by atoms with Crippen molar-refractivity contribution in [2.24, 2.45) is 0 Å². The molecule has 3 aromatic rings. The lowest BCUT2D eigenvalue weighted by Gasteiger charge is -2.25. The third-order valence-corrected chi connectivity index (χ3v) is 7.47. The van der Waals surface area contributed by atoms with E-state index < -0.39 is 15.9 Å². The fraction of sp³-hybridized carbons (Fsp3) is 0.250. The number of benzene rings is 2. The molecule has 8 nitrogen and oxygen atoms in total. The number of amides is 2. The number of para-hydroxylation sites is 1. The Labute approximate surface area is 192 Å². The summed E-state index contributed by atoms with van der Waals surface area (Å²) in [7, 11) is -2.37. The van der Waals surface area contributed by atoms with Crippen LogP contribution in [0.25, 0.3) is 0 Å². The highest BCUT2D eigenvalue weighted by Gasteiger charge is 2.36. The molecule has 2 aromatic carbocycles. The largest absolute Gasteiger partial charge is 0.467 e. The Morgan fingerprint density at radius 1 is 1.12 bits per heavy atom. The summed E-state index contributed by atoms with van der Waals surface area (Å²) in [5.74, 6) is -0.198. The summed E-state index contributed by atoms with van der Waals surface area (Å²) in [5.41, 5.74) is 1.82. The molecule has 1 aliphatic heterocycles. The van der Waals surface area contributed by atoms with Gasteiger partial charge >= 0.3 is 0 Å². The fourth-order valence-electron chi connectivity index (χ4n) is 3.97. The van der Waals surface area contributed by atoms with Crippen molar-refractivity contribution in [2.75, 3.05) is 17.9 Å². The van der Waals surface area contributed by atoms with Gasteiger partial charge in [0.2, 0.25) is 5.91 Å². The number of fused-ring (bicyclic) bond motifs is 1. The van der Waals surface area contributed by atoms with E-state index in [-0.39, 0.29) is 35.5 Å². The molecule has 0 unspecified atom stereocenters. The van der Waals surface area contributed by atoms with E-state index in [0.29, 0.717) is 17.9 Å². The number of hydrogen-bond acceptors (Lipinski definition) is 5. The summed E-state index contributed by atoms with van der Waals surface area (Å²) in [6.07, 6.45) is 2.14. The number of likely N-dealkylation sites (N-methyl/N-ethyl adjacent to an activating group) is 1. The molecule has 1 N–H and O–H groups in total. The molecular weight excluding hydrogens is 442 g/mol. The van der Waals surface area contributed by atoms with Crippen molar-refractivity contribution in [2.45, 2.75) is 30.8 Å². The molecular formula is C24H25N3O5S. The van der Waals surface area contributed by atoms with Crippen molar-refractivity contribution in [1.82, 2.24) is 10.2 Å². The van der Waals surface area contributed by atoms with Gasteiger partial charge in [-0.2, -0.15) is 0 Å². The predicted octanol–water partition coefficient (Wildman–Crippen LogP) is 2.81. The molecule has 0 bridgehead atoms. The number of furan rings is 1. The van der Waals surface area contributed by atoms with Gasteiger partial charge in [0.1, 0.15) is 5.76 Å². The Morgan fingerprint density at radius 2 is 1.91 bits per heavy atom. The van der Waals surface area contributed by atoms with Crippen LogP contribution in [0, 0.1) is 0 Å². The number of nitrogens with zero attached hydrogens (tertiary/aromatic N) is 2. The number of hydrogen-bond donors (Lipinski definition) is 1. The van der Waals surface area contributed by atoms with Crippen molar-refractivity contribution in [3.8, 4) is 0 Å². The fourth-order valence-corrected chi connectivity index (χ4v) is 5.71. The van der Waals surface area contributed by atoms with Gasteiger partial charge < -0.3 is 14.6 Å². The van der Waals surface area contributed by atoms with Gasteiger partial charge in [-0.15, -0.1) is 0 Å². The van der Waals surface area contributed by atoms with Gasteiger partial charge in [-0.3, -0.25) is 13.9 Å². The summed E-state index contributed by atoms with van der Waals surface area (Å²) in [6.45, 7) is 1.91. The first-order valence-electron chi connectivity index (χ1n) is 10.5. The molecule has 2 amide bonds. The monoisotopic (exact) mass is 467 g/mol. The second kappa shape index (κ2) is 9.11. The molecule has 0 spiro atoms. The summed E-state index contributed by atoms with van der Waals surface area (Å²) < 4.78 is 33.5. The molecule has 0 saturated carbocycles. The molecule has 0 saturated heterocycles. The Bertz CT molecular complexity index is 1270. The van der Waals surface area contributed by atoms with Crippen LogP contribution in [0.4, 0.5) is 5.69 Å². The van der Waals surface area contributed by atoms with Gasteiger partial charge in [0.15, 0.2) is 0 Å². The standard InChI is InChI=1S/C24H25N3O5S/c1-17-13-18-7-3-4-11-22(18)27(17)33(30,31)21-10-5-8-19(14-21)24(29)26(2)16-23(28)25-15-20-9-6-12-32-20/h3-12,14,17H,13,15-16H2,1-2H3,(H,25,28)/t17-/m1/s1. The highest BCUT2D eigenvalue weighted by atomic mass is 32.2. The van der Waals surface area contributed by atoms with Crippen molar-refractivity contribution in [3.63, 3.8) is 0 Å². The first-order valence-corrected chi connectivity index (χ1v) is 12.0. The van der Waals surface area contributed by atoms with Crippen LogP contribution < -0.4 is 9.62 Å². The van der Waals surface area contributed by atoms with Gasteiger partial charge in [0.25, 0.3) is 15.9 Å². The van der Waals surface area contributed by atoms with Gasteiger partial charge in [-0.05, 0) is 55.3 Å². The zero-order chi connectivity index (χ0) is 23.6. The Morgan fingerprint density at radius 3 is 2.67 bits per heavy atom. The first kappa shape index (κ1) is 22.6. The lowest BCUT2D eigenvalue weighted by Crippen LogP contribution is -2.38. The molecule has 9 heteroatoms. The highest BCUT2D eigenvalue weighted by Crippen LogP contribution is 2.36. The molecule has 1 aliphatic rings. The van der Waals surface area contributed by atoms with E-state index in [1.165, 1.54) is 40.7 Å². The predicted molar refractivity (Wildman–Crippen MR) is 123 cm³/mol. The Balaban J connectivity index is 1.49. The second-order valence-electron chi connectivity index (χ2n) is 8.03. The van der Waals surface area contributed by atoms with Gasteiger partial charge in [-0.1, -0.05) is 24.3 Å². The van der Waals surface area contributed by atoms with E-state index in [4.69, 9.17) is 4.42 Å². The molecule has 1 aromatic heterocycles. The molecule has 2 heterocycles. The van der Waals surface area contributed by atoms with Crippen molar-refractivity contribution in [1.29, 1.82) is 0 Å². The maximum atomic E-state index is 13.5. The first-order chi connectivity index (χ1) is 15.8. The minimum absolute atomic E-state index is 0.0348. The van der Waals surface area contributed by atoms with Crippen LogP contribution in [-0.2, 0) is 27.8 Å². The normalized spacial score (nSPS) is 15.2. The van der Waals surface area contributed by atoms with Crippen molar-refractivity contribution >= 4 is 27.5 Å². The highest BCUT2D eigenvalue weighted by molar-refractivity contribution is 7.92. The van der Waals surface area contributed by atoms with E-state index in [1.54, 1.807) is 24.3 Å². The molecule has 4 rings (SSSR count). The third-order valence-electron chi connectivity index (χ3n) is 5.55. The van der Waals surface area contributed by atoms with Crippen LogP contribution in [0.15, 0.2) is 76.2 Å². The van der Waals surface area contributed by atoms with Gasteiger partial charge in [-0.25, -0.2) is 8.42 Å². The maximum Gasteiger partial charge on any atom is 0.264 e. The quantitative estimate of drug-likeness (QED) is 0.576. The van der Waals surface area contributed by atoms with Gasteiger partial charge in [0, 0.05) is 18.7 Å². The summed E-state index contributed by atoms with van der Waals surface area (Å²) in [6, 6.07) is 16.6. The molecule has 33 heavy (non-hydrogen) atoms. The molecule has 1 atom stereocenters. The minimum atomic E-state index is -3.87. The van der Waals surface area contributed by atoms with Crippen LogP contribution in [0.5, 0.6) is 0 Å². The Hall–Kier alpha value is -3.59. The summed E-state index contributed by atoms with van der Waals surface area (Å²) in [4.78, 5) is 26.4. The third kappa shape index (κ3) is 4.63. The molecule has 172 valence electrons. The van der Waals surface area contributed by atoms with E-state index in [0.717, 1.165) is 5.56 Å². The minimum Gasteiger partial charge on any atom is -0.467 e. The van der Waals surface area contributed by atoms with Crippen LogP contribution in [0.2, 0.25) is 0 Å². The SMILES string of the molecule is C[C@@H]1Cc2ccccc2N1S(=O)(=O)c1cccc(C(=O)N(C)CC(=O)NCc2ccco2)c1. The van der Waals surface area contributed by atoms with E-state index in [1.807, 2.05) is 25.1 Å². The van der Waals surface area contributed by atoms with E-state index >= 15 is 0 Å². The van der Waals surface area contributed by atoms with Gasteiger partial charge in [0.05, 0.1) is 29.9 Å². The van der Waals surface area contributed by atoms with Crippen LogP contribution in [-0.4, -0.2) is 44.8 Å². The summed E-state index contributed by atoms with van der Waals surface area (Å²) >= 11 is 0. The van der Waals surface area contributed by atoms with Crippen molar-refractivity contribution < 1.29 is 22.4 Å². The zero-order valence-electron chi connectivity index (χ0n) is 18.4. The number of anilines is 1. The average molecular weight is 468 g/mol. The molecule has 0 fully saturated rings. The van der Waals surface area contributed by atoms with Crippen molar-refractivity contribution in [3.05, 3.63) is 83.8 Å². The summed E-state index contributed by atoms with van der Waals surface area (Å²) in [5, 5.41) is 2.68. The average Bonchev–Trinajstić information content (AvgIpc) is 3.44.